The summed E-state index contributed by atoms with van der Waals surface area (Å²) in [7, 11) is 0. The number of halogens is 3. The number of H-pyrrole nitrogens is 1. The Bertz CT molecular complexity index is 930. The average molecular weight is 349 g/mol. The maximum atomic E-state index is 13.4. The van der Waals surface area contributed by atoms with E-state index in [-0.39, 0.29) is 28.8 Å². The lowest BCUT2D eigenvalue weighted by Gasteiger charge is -2.12. The van der Waals surface area contributed by atoms with Gasteiger partial charge in [0.1, 0.15) is 17.9 Å². The van der Waals surface area contributed by atoms with Crippen LogP contribution in [-0.2, 0) is 17.5 Å². The van der Waals surface area contributed by atoms with Crippen molar-refractivity contribution in [2.45, 2.75) is 19.7 Å². The predicted molar refractivity (Wildman–Crippen MR) is 85.3 cm³/mol. The first kappa shape index (κ1) is 16.9. The van der Waals surface area contributed by atoms with Crippen molar-refractivity contribution in [3.8, 4) is 5.75 Å². The second-order valence-corrected chi connectivity index (χ2v) is 5.57. The predicted octanol–water partition coefficient (Wildman–Crippen LogP) is 4.56. The van der Waals surface area contributed by atoms with Gasteiger partial charge in [-0.15, -0.1) is 0 Å². The fraction of sp³-hybridized carbons (Fsp3) is 0.167. The maximum Gasteiger partial charge on any atom is 0.420 e. The van der Waals surface area contributed by atoms with Crippen molar-refractivity contribution in [3.05, 3.63) is 64.8 Å². The molecule has 25 heavy (non-hydrogen) atoms. The molecule has 3 aromatic rings. The van der Waals surface area contributed by atoms with Crippen molar-refractivity contribution >= 4 is 16.9 Å². The molecule has 0 spiro atoms. The number of rotatable bonds is 3. The summed E-state index contributed by atoms with van der Waals surface area (Å²) in [5, 5.41) is 9.30. The van der Waals surface area contributed by atoms with Gasteiger partial charge in [-0.1, -0.05) is 30.3 Å². The summed E-state index contributed by atoms with van der Waals surface area (Å²) >= 11 is 0. The standard InChI is InChI=1S/C18H14F3NO3/c1-10-14(17(24)25-9-11-5-3-2-4-6-11)15-12(22-10)7-8-13(23)16(15)18(19,20)21/h2-8,22-23H,9H2,1H3. The molecule has 4 nitrogen and oxygen atoms in total. The molecule has 2 N–H and O–H groups in total. The molecular formula is C18H14F3NO3. The number of alkyl halides is 3. The number of ether oxygens (including phenoxy) is 1. The Morgan fingerprint density at radius 3 is 2.48 bits per heavy atom. The highest BCUT2D eigenvalue weighted by atomic mass is 19.4. The van der Waals surface area contributed by atoms with E-state index in [9.17, 15) is 23.1 Å². The second-order valence-electron chi connectivity index (χ2n) is 5.57. The Kier molecular flexibility index (Phi) is 4.16. The van der Waals surface area contributed by atoms with Crippen LogP contribution < -0.4 is 0 Å². The number of hydrogen-bond donors (Lipinski definition) is 2. The van der Waals surface area contributed by atoms with Crippen molar-refractivity contribution in [3.63, 3.8) is 0 Å². The van der Waals surface area contributed by atoms with Crippen LogP contribution in [0.5, 0.6) is 5.75 Å². The summed E-state index contributed by atoms with van der Waals surface area (Å²) in [6, 6.07) is 11.0. The Labute approximate surface area is 140 Å². The lowest BCUT2D eigenvalue weighted by molar-refractivity contribution is -0.137. The summed E-state index contributed by atoms with van der Waals surface area (Å²) in [5.74, 6) is -1.82. The topological polar surface area (TPSA) is 62.3 Å². The van der Waals surface area contributed by atoms with Crippen molar-refractivity contribution in [1.82, 2.24) is 4.98 Å². The molecule has 0 aliphatic rings. The number of fused-ring (bicyclic) bond motifs is 1. The van der Waals surface area contributed by atoms with E-state index in [0.29, 0.717) is 5.56 Å². The van der Waals surface area contributed by atoms with Gasteiger partial charge in [0.2, 0.25) is 0 Å². The van der Waals surface area contributed by atoms with Gasteiger partial charge in [-0.05, 0) is 24.6 Å². The van der Waals surface area contributed by atoms with Crippen LogP contribution in [0.1, 0.15) is 27.2 Å². The number of esters is 1. The minimum Gasteiger partial charge on any atom is -0.507 e. The third-order valence-corrected chi connectivity index (χ3v) is 3.83. The molecule has 130 valence electrons. The molecule has 0 aliphatic heterocycles. The fourth-order valence-electron chi connectivity index (χ4n) is 2.74. The molecule has 0 saturated heterocycles. The van der Waals surface area contributed by atoms with E-state index in [1.165, 1.54) is 13.0 Å². The SMILES string of the molecule is Cc1[nH]c2ccc(O)c(C(F)(F)F)c2c1C(=O)OCc1ccccc1. The highest BCUT2D eigenvalue weighted by Crippen LogP contribution is 2.42. The van der Waals surface area contributed by atoms with E-state index < -0.39 is 23.5 Å². The first-order valence-electron chi connectivity index (χ1n) is 7.41. The number of carbonyl (C=O) groups is 1. The number of nitrogens with one attached hydrogen (secondary N) is 1. The minimum absolute atomic E-state index is 0.0635. The van der Waals surface area contributed by atoms with Crippen LogP contribution in [0.3, 0.4) is 0 Å². The zero-order valence-electron chi connectivity index (χ0n) is 13.1. The maximum absolute atomic E-state index is 13.4. The van der Waals surface area contributed by atoms with Gasteiger partial charge in [-0.2, -0.15) is 13.2 Å². The first-order chi connectivity index (χ1) is 11.8. The molecule has 0 saturated carbocycles. The molecule has 1 heterocycles. The van der Waals surface area contributed by atoms with E-state index >= 15 is 0 Å². The van der Waals surface area contributed by atoms with Gasteiger partial charge >= 0.3 is 12.1 Å². The van der Waals surface area contributed by atoms with Crippen molar-refractivity contribution < 1.29 is 27.8 Å². The summed E-state index contributed by atoms with van der Waals surface area (Å²) in [6.45, 7) is 1.42. The number of phenols is 1. The van der Waals surface area contributed by atoms with Crippen LogP contribution in [-0.4, -0.2) is 16.1 Å². The largest absolute Gasteiger partial charge is 0.507 e. The molecule has 0 aliphatic carbocycles. The Balaban J connectivity index is 2.05. The van der Waals surface area contributed by atoms with E-state index in [4.69, 9.17) is 4.74 Å². The lowest BCUT2D eigenvalue weighted by atomic mass is 10.0. The van der Waals surface area contributed by atoms with Gasteiger partial charge in [0.25, 0.3) is 0 Å². The normalized spacial score (nSPS) is 11.7. The second kappa shape index (κ2) is 6.16. The molecule has 2 aromatic carbocycles. The molecule has 0 bridgehead atoms. The number of phenolic OH excluding ortho intramolecular Hbond substituents is 1. The van der Waals surface area contributed by atoms with Gasteiger partial charge in [0.15, 0.2) is 0 Å². The molecule has 0 amide bonds. The summed E-state index contributed by atoms with van der Waals surface area (Å²) in [5.41, 5.74) is -0.416. The third-order valence-electron chi connectivity index (χ3n) is 3.83. The molecule has 3 rings (SSSR count). The average Bonchev–Trinajstić information content (AvgIpc) is 2.88. The van der Waals surface area contributed by atoms with Gasteiger partial charge in [0.05, 0.1) is 5.56 Å². The highest BCUT2D eigenvalue weighted by molar-refractivity contribution is 6.07. The molecule has 0 atom stereocenters. The van der Waals surface area contributed by atoms with E-state index in [1.807, 2.05) is 0 Å². The fourth-order valence-corrected chi connectivity index (χ4v) is 2.74. The Morgan fingerprint density at radius 1 is 1.16 bits per heavy atom. The summed E-state index contributed by atoms with van der Waals surface area (Å²) < 4.78 is 45.2. The van der Waals surface area contributed by atoms with Gasteiger partial charge in [0, 0.05) is 16.6 Å². The minimum atomic E-state index is -4.81. The van der Waals surface area contributed by atoms with Crippen LogP contribution >= 0.6 is 0 Å². The molecular weight excluding hydrogens is 335 g/mol. The number of aromatic hydroxyl groups is 1. The van der Waals surface area contributed by atoms with Crippen molar-refractivity contribution in [1.29, 1.82) is 0 Å². The molecule has 0 fully saturated rings. The number of aryl methyl sites for hydroxylation is 1. The zero-order valence-corrected chi connectivity index (χ0v) is 13.1. The third kappa shape index (κ3) is 3.17. The van der Waals surface area contributed by atoms with Crippen LogP contribution in [0.25, 0.3) is 10.9 Å². The molecule has 0 radical (unpaired) electrons. The Morgan fingerprint density at radius 2 is 1.84 bits per heavy atom. The lowest BCUT2D eigenvalue weighted by Crippen LogP contribution is -2.10. The number of aromatic nitrogens is 1. The van der Waals surface area contributed by atoms with Crippen molar-refractivity contribution in [2.24, 2.45) is 0 Å². The molecule has 0 unspecified atom stereocenters. The van der Waals surface area contributed by atoms with E-state index in [1.54, 1.807) is 30.3 Å². The zero-order chi connectivity index (χ0) is 18.2. The van der Waals surface area contributed by atoms with Crippen LogP contribution in [0.2, 0.25) is 0 Å². The number of hydrogen-bond acceptors (Lipinski definition) is 3. The van der Waals surface area contributed by atoms with Gasteiger partial charge < -0.3 is 14.8 Å². The highest BCUT2D eigenvalue weighted by Gasteiger charge is 2.38. The quantitative estimate of drug-likeness (QED) is 0.682. The van der Waals surface area contributed by atoms with Crippen LogP contribution in [0, 0.1) is 6.92 Å². The van der Waals surface area contributed by atoms with Crippen LogP contribution in [0.4, 0.5) is 13.2 Å². The van der Waals surface area contributed by atoms with Crippen LogP contribution in [0.15, 0.2) is 42.5 Å². The smallest absolute Gasteiger partial charge is 0.420 e. The monoisotopic (exact) mass is 349 g/mol. The van der Waals surface area contributed by atoms with E-state index in [0.717, 1.165) is 6.07 Å². The summed E-state index contributed by atoms with van der Waals surface area (Å²) in [4.78, 5) is 15.1. The molecule has 7 heteroatoms. The van der Waals surface area contributed by atoms with Crippen molar-refractivity contribution in [2.75, 3.05) is 0 Å². The number of aromatic amines is 1. The summed E-state index contributed by atoms with van der Waals surface area (Å²) in [6.07, 6.45) is -4.81. The van der Waals surface area contributed by atoms with Gasteiger partial charge in [-0.3, -0.25) is 0 Å². The number of benzene rings is 2. The number of carbonyl (C=O) groups excluding carboxylic acids is 1. The Hall–Kier alpha value is -2.96. The molecule has 1 aromatic heterocycles. The first-order valence-corrected chi connectivity index (χ1v) is 7.41. The van der Waals surface area contributed by atoms with Gasteiger partial charge in [-0.25, -0.2) is 4.79 Å². The van der Waals surface area contributed by atoms with E-state index in [2.05, 4.69) is 4.98 Å².